The Labute approximate surface area is 98.9 Å². The predicted octanol–water partition coefficient (Wildman–Crippen LogP) is 2.46. The number of carbonyl (C=O) groups excluding carboxylic acids is 1. The van der Waals surface area contributed by atoms with Crippen molar-refractivity contribution in [3.8, 4) is 5.75 Å². The summed E-state index contributed by atoms with van der Waals surface area (Å²) in [5.74, 6) is 0.110. The van der Waals surface area contributed by atoms with Gasteiger partial charge in [-0.3, -0.25) is 4.79 Å². The molecule has 0 fully saturated rings. The van der Waals surface area contributed by atoms with Gasteiger partial charge in [-0.05, 0) is 41.1 Å². The highest BCUT2D eigenvalue weighted by molar-refractivity contribution is 9.11. The van der Waals surface area contributed by atoms with E-state index in [2.05, 4.69) is 31.9 Å². The van der Waals surface area contributed by atoms with Crippen LogP contribution in [0, 0.1) is 0 Å². The highest BCUT2D eigenvalue weighted by atomic mass is 79.9. The first-order chi connectivity index (χ1) is 6.50. The van der Waals surface area contributed by atoms with Gasteiger partial charge in [0, 0.05) is 4.47 Å². The summed E-state index contributed by atoms with van der Waals surface area (Å²) >= 11 is 6.63. The van der Waals surface area contributed by atoms with Gasteiger partial charge in [-0.25, -0.2) is 0 Å². The monoisotopic (exact) mass is 321 g/mol. The van der Waals surface area contributed by atoms with E-state index in [1.165, 1.54) is 0 Å². The van der Waals surface area contributed by atoms with Crippen molar-refractivity contribution in [2.45, 2.75) is 13.0 Å². The largest absolute Gasteiger partial charge is 0.480 e. The Morgan fingerprint density at radius 2 is 2.14 bits per heavy atom. The second-order valence-corrected chi connectivity index (χ2v) is 4.51. The number of hydrogen-bond acceptors (Lipinski definition) is 2. The van der Waals surface area contributed by atoms with Crippen LogP contribution in [0.2, 0.25) is 0 Å². The van der Waals surface area contributed by atoms with E-state index in [0.29, 0.717) is 5.75 Å². The average Bonchev–Trinajstić information content (AvgIpc) is 2.09. The minimum Gasteiger partial charge on any atom is -0.480 e. The van der Waals surface area contributed by atoms with Gasteiger partial charge in [0.05, 0.1) is 4.47 Å². The van der Waals surface area contributed by atoms with Gasteiger partial charge in [-0.2, -0.15) is 0 Å². The molecule has 1 aromatic carbocycles. The molecule has 1 amide bonds. The van der Waals surface area contributed by atoms with E-state index in [-0.39, 0.29) is 0 Å². The number of amides is 1. The molecule has 0 unspecified atom stereocenters. The quantitative estimate of drug-likeness (QED) is 0.929. The molecule has 0 aliphatic heterocycles. The Bertz CT molecular complexity index is 355. The predicted molar refractivity (Wildman–Crippen MR) is 61.1 cm³/mol. The highest BCUT2D eigenvalue weighted by Crippen LogP contribution is 2.28. The van der Waals surface area contributed by atoms with Crippen molar-refractivity contribution in [1.29, 1.82) is 0 Å². The van der Waals surface area contributed by atoms with Crippen molar-refractivity contribution < 1.29 is 9.53 Å². The molecule has 0 radical (unpaired) electrons. The molecule has 0 aromatic heterocycles. The number of hydrogen-bond donors (Lipinski definition) is 1. The van der Waals surface area contributed by atoms with Crippen LogP contribution in [0.5, 0.6) is 5.75 Å². The average molecular weight is 323 g/mol. The van der Waals surface area contributed by atoms with E-state index >= 15 is 0 Å². The van der Waals surface area contributed by atoms with E-state index in [4.69, 9.17) is 10.5 Å². The third-order valence-electron chi connectivity index (χ3n) is 1.60. The summed E-state index contributed by atoms with van der Waals surface area (Å²) in [7, 11) is 0. The molecule has 0 saturated heterocycles. The second-order valence-electron chi connectivity index (χ2n) is 2.74. The third kappa shape index (κ3) is 2.99. The number of ether oxygens (including phenoxy) is 1. The van der Waals surface area contributed by atoms with Crippen molar-refractivity contribution in [3.05, 3.63) is 27.1 Å². The van der Waals surface area contributed by atoms with Crippen molar-refractivity contribution >= 4 is 37.8 Å². The van der Waals surface area contributed by atoms with Gasteiger partial charge in [0.2, 0.25) is 0 Å². The van der Waals surface area contributed by atoms with Gasteiger partial charge in [0.1, 0.15) is 5.75 Å². The fourth-order valence-electron chi connectivity index (χ4n) is 0.819. The zero-order valence-electron chi connectivity index (χ0n) is 7.46. The number of halogens is 2. The van der Waals surface area contributed by atoms with Crippen LogP contribution in [-0.4, -0.2) is 12.0 Å². The molecule has 0 aliphatic carbocycles. The summed E-state index contributed by atoms with van der Waals surface area (Å²) in [6, 6.07) is 5.42. The summed E-state index contributed by atoms with van der Waals surface area (Å²) in [5.41, 5.74) is 5.08. The molecule has 0 saturated carbocycles. The number of carbonyl (C=O) groups is 1. The fourth-order valence-corrected chi connectivity index (χ4v) is 1.96. The first-order valence-electron chi connectivity index (χ1n) is 3.91. The van der Waals surface area contributed by atoms with E-state index in [1.807, 2.05) is 12.1 Å². The zero-order valence-corrected chi connectivity index (χ0v) is 10.6. The lowest BCUT2D eigenvalue weighted by Gasteiger charge is -2.12. The lowest BCUT2D eigenvalue weighted by molar-refractivity contribution is -0.124. The summed E-state index contributed by atoms with van der Waals surface area (Å²) in [6.07, 6.45) is -0.632. The van der Waals surface area contributed by atoms with Crippen LogP contribution in [0.1, 0.15) is 6.92 Å². The molecule has 0 aliphatic rings. The molecule has 0 heterocycles. The van der Waals surface area contributed by atoms with Crippen LogP contribution in [0.3, 0.4) is 0 Å². The van der Waals surface area contributed by atoms with Crippen LogP contribution in [0.25, 0.3) is 0 Å². The summed E-state index contributed by atoms with van der Waals surface area (Å²) in [4.78, 5) is 10.8. The fraction of sp³-hybridized carbons (Fsp3) is 0.222. The first kappa shape index (κ1) is 11.5. The molecule has 3 nitrogen and oxygen atoms in total. The summed E-state index contributed by atoms with van der Waals surface area (Å²) in [6.45, 7) is 1.61. The first-order valence-corrected chi connectivity index (χ1v) is 5.50. The number of primary amides is 1. The minimum absolute atomic E-state index is 0.486. The molecule has 1 aromatic rings. The van der Waals surface area contributed by atoms with E-state index in [0.717, 1.165) is 8.95 Å². The maximum atomic E-state index is 10.8. The number of benzene rings is 1. The maximum Gasteiger partial charge on any atom is 0.258 e. The maximum absolute atomic E-state index is 10.8. The van der Waals surface area contributed by atoms with Crippen LogP contribution in [0.15, 0.2) is 27.1 Å². The van der Waals surface area contributed by atoms with Gasteiger partial charge in [-0.15, -0.1) is 0 Å². The van der Waals surface area contributed by atoms with Crippen molar-refractivity contribution in [1.82, 2.24) is 0 Å². The lowest BCUT2D eigenvalue weighted by atomic mass is 10.3. The van der Waals surface area contributed by atoms with Crippen molar-refractivity contribution in [3.63, 3.8) is 0 Å². The third-order valence-corrected chi connectivity index (χ3v) is 2.71. The highest BCUT2D eigenvalue weighted by Gasteiger charge is 2.11. The van der Waals surface area contributed by atoms with Gasteiger partial charge in [-0.1, -0.05) is 15.9 Å². The lowest BCUT2D eigenvalue weighted by Crippen LogP contribution is -2.30. The van der Waals surface area contributed by atoms with E-state index < -0.39 is 12.0 Å². The van der Waals surface area contributed by atoms with Crippen LogP contribution < -0.4 is 10.5 Å². The van der Waals surface area contributed by atoms with Gasteiger partial charge < -0.3 is 10.5 Å². The van der Waals surface area contributed by atoms with E-state index in [1.54, 1.807) is 13.0 Å². The SMILES string of the molecule is C[C@@H](Oc1ccc(Br)cc1Br)C(N)=O. The molecule has 2 N–H and O–H groups in total. The standard InChI is InChI=1S/C9H9Br2NO2/c1-5(9(12)13)14-8-3-2-6(10)4-7(8)11/h2-5H,1H3,(H2,12,13)/t5-/m1/s1. The van der Waals surface area contributed by atoms with Crippen molar-refractivity contribution in [2.24, 2.45) is 5.73 Å². The van der Waals surface area contributed by atoms with Crippen LogP contribution in [-0.2, 0) is 4.79 Å². The molecule has 76 valence electrons. The normalized spacial score (nSPS) is 12.2. The molecular formula is C9H9Br2NO2. The second kappa shape index (κ2) is 4.79. The molecule has 1 rings (SSSR count). The Kier molecular flexibility index (Phi) is 3.95. The Balaban J connectivity index is 2.82. The van der Waals surface area contributed by atoms with Gasteiger partial charge in [0.15, 0.2) is 6.10 Å². The Hall–Kier alpha value is -0.550. The molecule has 1 atom stereocenters. The van der Waals surface area contributed by atoms with Crippen molar-refractivity contribution in [2.75, 3.05) is 0 Å². The van der Waals surface area contributed by atoms with E-state index in [9.17, 15) is 4.79 Å². The Morgan fingerprint density at radius 3 is 2.64 bits per heavy atom. The van der Waals surface area contributed by atoms with Gasteiger partial charge >= 0.3 is 0 Å². The summed E-state index contributed by atoms with van der Waals surface area (Å²) in [5, 5.41) is 0. The molecule has 0 bridgehead atoms. The number of rotatable bonds is 3. The van der Waals surface area contributed by atoms with Gasteiger partial charge in [0.25, 0.3) is 5.91 Å². The summed E-state index contributed by atoms with van der Waals surface area (Å²) < 4.78 is 7.03. The minimum atomic E-state index is -0.632. The molecule has 5 heteroatoms. The molecular weight excluding hydrogens is 314 g/mol. The molecule has 14 heavy (non-hydrogen) atoms. The topological polar surface area (TPSA) is 52.3 Å². The molecule has 0 spiro atoms. The van der Waals surface area contributed by atoms with Crippen LogP contribution in [0.4, 0.5) is 0 Å². The smallest absolute Gasteiger partial charge is 0.258 e. The zero-order chi connectivity index (χ0) is 10.7. The Morgan fingerprint density at radius 1 is 1.50 bits per heavy atom. The number of nitrogens with two attached hydrogens (primary N) is 1. The van der Waals surface area contributed by atoms with Crippen LogP contribution >= 0.6 is 31.9 Å².